The third kappa shape index (κ3) is 4.39. The average molecular weight is 280 g/mol. The molecule has 0 aromatic carbocycles. The van der Waals surface area contributed by atoms with Crippen molar-refractivity contribution in [3.05, 3.63) is 0 Å². The van der Waals surface area contributed by atoms with E-state index in [4.69, 9.17) is 10.5 Å². The number of carbonyl (C=O) groups is 1. The van der Waals surface area contributed by atoms with E-state index in [1.54, 1.807) is 12.0 Å². The maximum atomic E-state index is 12.1. The summed E-state index contributed by atoms with van der Waals surface area (Å²) in [5.41, 5.74) is 5.78. The molecular formula is C12H26ClN3O2. The Labute approximate surface area is 116 Å². The Kier molecular flexibility index (Phi) is 7.78. The van der Waals surface area contributed by atoms with Crippen molar-refractivity contribution in [2.75, 3.05) is 40.9 Å². The summed E-state index contributed by atoms with van der Waals surface area (Å²) in [6.07, 6.45) is 1.01. The van der Waals surface area contributed by atoms with Crippen LogP contribution >= 0.6 is 12.4 Å². The van der Waals surface area contributed by atoms with E-state index in [1.165, 1.54) is 0 Å². The Balaban J connectivity index is 0.00000289. The van der Waals surface area contributed by atoms with E-state index in [9.17, 15) is 4.79 Å². The Morgan fingerprint density at radius 1 is 1.61 bits per heavy atom. The highest BCUT2D eigenvalue weighted by molar-refractivity contribution is 5.85. The molecule has 1 heterocycles. The minimum atomic E-state index is -0.545. The number of hydrogen-bond acceptors (Lipinski definition) is 4. The quantitative estimate of drug-likeness (QED) is 0.798. The standard InChI is InChI=1S/C12H25N3O2.ClH/c1-9-7-14(2)6-5-11(9)15(3)12(16)10(13)8-17-4;/h9-11H,5-8,13H2,1-4H3;1H. The Bertz CT molecular complexity index is 266. The number of likely N-dealkylation sites (tertiary alicyclic amines) is 1. The maximum absolute atomic E-state index is 12.1. The van der Waals surface area contributed by atoms with Gasteiger partial charge in [-0.05, 0) is 25.9 Å². The number of rotatable bonds is 4. The number of ether oxygens (including phenoxy) is 1. The Hall–Kier alpha value is -0.360. The van der Waals surface area contributed by atoms with Crippen molar-refractivity contribution in [2.45, 2.75) is 25.4 Å². The van der Waals surface area contributed by atoms with Crippen LogP contribution in [-0.2, 0) is 9.53 Å². The van der Waals surface area contributed by atoms with Crippen molar-refractivity contribution in [3.8, 4) is 0 Å². The van der Waals surface area contributed by atoms with Gasteiger partial charge in [-0.2, -0.15) is 0 Å². The van der Waals surface area contributed by atoms with Gasteiger partial charge in [0, 0.05) is 26.7 Å². The molecule has 1 aliphatic heterocycles. The lowest BCUT2D eigenvalue weighted by Crippen LogP contribution is -2.54. The lowest BCUT2D eigenvalue weighted by atomic mass is 9.92. The van der Waals surface area contributed by atoms with Crippen molar-refractivity contribution in [1.29, 1.82) is 0 Å². The molecule has 0 saturated carbocycles. The van der Waals surface area contributed by atoms with Crippen molar-refractivity contribution >= 4 is 18.3 Å². The third-order valence-electron chi connectivity index (χ3n) is 3.57. The second-order valence-corrected chi connectivity index (χ2v) is 5.11. The van der Waals surface area contributed by atoms with Gasteiger partial charge >= 0.3 is 0 Å². The van der Waals surface area contributed by atoms with Crippen molar-refractivity contribution < 1.29 is 9.53 Å². The number of methoxy groups -OCH3 is 1. The molecule has 0 aliphatic carbocycles. The molecule has 0 bridgehead atoms. The third-order valence-corrected chi connectivity index (χ3v) is 3.57. The lowest BCUT2D eigenvalue weighted by Gasteiger charge is -2.40. The molecule has 0 aromatic heterocycles. The second-order valence-electron chi connectivity index (χ2n) is 5.11. The monoisotopic (exact) mass is 279 g/mol. The number of nitrogens with zero attached hydrogens (tertiary/aromatic N) is 2. The summed E-state index contributed by atoms with van der Waals surface area (Å²) in [6, 6.07) is -0.251. The largest absolute Gasteiger partial charge is 0.383 e. The molecule has 108 valence electrons. The highest BCUT2D eigenvalue weighted by Crippen LogP contribution is 2.20. The van der Waals surface area contributed by atoms with Gasteiger partial charge in [0.15, 0.2) is 0 Å². The Morgan fingerprint density at radius 3 is 2.72 bits per heavy atom. The van der Waals surface area contributed by atoms with Crippen molar-refractivity contribution in [2.24, 2.45) is 11.7 Å². The second kappa shape index (κ2) is 7.94. The molecule has 2 N–H and O–H groups in total. The van der Waals surface area contributed by atoms with Crippen LogP contribution in [0.2, 0.25) is 0 Å². The van der Waals surface area contributed by atoms with Crippen LogP contribution in [0.3, 0.4) is 0 Å². The smallest absolute Gasteiger partial charge is 0.241 e. The van der Waals surface area contributed by atoms with Gasteiger partial charge in [0.2, 0.25) is 5.91 Å². The number of amides is 1. The van der Waals surface area contributed by atoms with Crippen LogP contribution in [0.5, 0.6) is 0 Å². The van der Waals surface area contributed by atoms with Gasteiger partial charge in [-0.3, -0.25) is 4.79 Å². The topological polar surface area (TPSA) is 58.8 Å². The molecule has 0 radical (unpaired) electrons. The zero-order valence-corrected chi connectivity index (χ0v) is 12.6. The molecule has 0 aromatic rings. The Morgan fingerprint density at radius 2 is 2.22 bits per heavy atom. The van der Waals surface area contributed by atoms with Gasteiger partial charge in [0.05, 0.1) is 6.61 Å². The molecule has 1 amide bonds. The van der Waals surface area contributed by atoms with Crippen LogP contribution in [0.1, 0.15) is 13.3 Å². The summed E-state index contributed by atoms with van der Waals surface area (Å²) in [4.78, 5) is 16.2. The van der Waals surface area contributed by atoms with E-state index in [0.717, 1.165) is 19.5 Å². The first-order valence-electron chi connectivity index (χ1n) is 6.17. The number of halogens is 1. The SMILES string of the molecule is COCC(N)C(=O)N(C)C1CCN(C)CC1C.Cl. The van der Waals surface area contributed by atoms with Crippen LogP contribution in [0.4, 0.5) is 0 Å². The van der Waals surface area contributed by atoms with Gasteiger partial charge in [-0.25, -0.2) is 0 Å². The summed E-state index contributed by atoms with van der Waals surface area (Å²) >= 11 is 0. The highest BCUT2D eigenvalue weighted by Gasteiger charge is 2.31. The van der Waals surface area contributed by atoms with E-state index in [0.29, 0.717) is 12.0 Å². The van der Waals surface area contributed by atoms with Gasteiger partial charge in [-0.1, -0.05) is 6.92 Å². The predicted molar refractivity (Wildman–Crippen MR) is 74.9 cm³/mol. The van der Waals surface area contributed by atoms with E-state index in [-0.39, 0.29) is 24.9 Å². The fourth-order valence-electron chi connectivity index (χ4n) is 2.59. The van der Waals surface area contributed by atoms with Gasteiger partial charge < -0.3 is 20.3 Å². The van der Waals surface area contributed by atoms with Gasteiger partial charge in [0.25, 0.3) is 0 Å². The summed E-state index contributed by atoms with van der Waals surface area (Å²) < 4.78 is 4.93. The number of nitrogens with two attached hydrogens (primary N) is 1. The zero-order valence-electron chi connectivity index (χ0n) is 11.8. The molecule has 1 aliphatic rings. The average Bonchev–Trinajstić information content (AvgIpc) is 2.27. The van der Waals surface area contributed by atoms with Crippen LogP contribution in [0, 0.1) is 5.92 Å². The van der Waals surface area contributed by atoms with E-state index >= 15 is 0 Å². The van der Waals surface area contributed by atoms with E-state index < -0.39 is 6.04 Å². The zero-order chi connectivity index (χ0) is 13.0. The molecule has 6 heteroatoms. The maximum Gasteiger partial charge on any atom is 0.241 e. The van der Waals surface area contributed by atoms with Crippen LogP contribution < -0.4 is 5.73 Å². The molecule has 18 heavy (non-hydrogen) atoms. The fraction of sp³-hybridized carbons (Fsp3) is 0.917. The van der Waals surface area contributed by atoms with Crippen molar-refractivity contribution in [1.82, 2.24) is 9.80 Å². The number of piperidine rings is 1. The lowest BCUT2D eigenvalue weighted by molar-refractivity contribution is -0.136. The highest BCUT2D eigenvalue weighted by atomic mass is 35.5. The first-order valence-corrected chi connectivity index (χ1v) is 6.17. The van der Waals surface area contributed by atoms with Crippen LogP contribution in [0.25, 0.3) is 0 Å². The van der Waals surface area contributed by atoms with Gasteiger partial charge in [-0.15, -0.1) is 12.4 Å². The van der Waals surface area contributed by atoms with Gasteiger partial charge in [0.1, 0.15) is 6.04 Å². The minimum absolute atomic E-state index is 0. The van der Waals surface area contributed by atoms with Crippen molar-refractivity contribution in [3.63, 3.8) is 0 Å². The molecule has 5 nitrogen and oxygen atoms in total. The molecule has 3 unspecified atom stereocenters. The van der Waals surface area contributed by atoms with E-state index in [2.05, 4.69) is 18.9 Å². The van der Waals surface area contributed by atoms with Crippen LogP contribution in [-0.4, -0.2) is 68.7 Å². The molecule has 1 fully saturated rings. The summed E-state index contributed by atoms with van der Waals surface area (Å²) in [6.45, 7) is 4.53. The summed E-state index contributed by atoms with van der Waals surface area (Å²) in [5.74, 6) is 0.464. The normalized spacial score (nSPS) is 26.3. The first-order chi connectivity index (χ1) is 7.97. The molecule has 3 atom stereocenters. The first kappa shape index (κ1) is 17.6. The number of hydrogen-bond donors (Lipinski definition) is 1. The number of likely N-dealkylation sites (N-methyl/N-ethyl adjacent to an activating group) is 1. The summed E-state index contributed by atoms with van der Waals surface area (Å²) in [7, 11) is 5.53. The minimum Gasteiger partial charge on any atom is -0.383 e. The molecule has 0 spiro atoms. The number of carbonyl (C=O) groups excluding carboxylic acids is 1. The van der Waals surface area contributed by atoms with Crippen LogP contribution in [0.15, 0.2) is 0 Å². The summed E-state index contributed by atoms with van der Waals surface area (Å²) in [5, 5.41) is 0. The molecular weight excluding hydrogens is 254 g/mol. The fourth-order valence-corrected chi connectivity index (χ4v) is 2.59. The van der Waals surface area contributed by atoms with E-state index in [1.807, 2.05) is 7.05 Å². The molecule has 1 saturated heterocycles. The predicted octanol–water partition coefficient (Wildman–Crippen LogP) is 0.181. The molecule has 1 rings (SSSR count).